The third-order valence-corrected chi connectivity index (χ3v) is 4.17. The van der Waals surface area contributed by atoms with Gasteiger partial charge >= 0.3 is 6.03 Å². The third kappa shape index (κ3) is 4.19. The van der Waals surface area contributed by atoms with Gasteiger partial charge in [-0.2, -0.15) is 0 Å². The van der Waals surface area contributed by atoms with Crippen molar-refractivity contribution in [2.75, 3.05) is 19.5 Å². The lowest BCUT2D eigenvalue weighted by Gasteiger charge is -2.20. The van der Waals surface area contributed by atoms with Crippen LogP contribution < -0.4 is 16.0 Å². The van der Waals surface area contributed by atoms with E-state index in [0.717, 1.165) is 24.9 Å². The minimum atomic E-state index is -0.168. The molecule has 2 amide bonds. The monoisotopic (exact) mass is 291 g/mol. The van der Waals surface area contributed by atoms with Crippen molar-refractivity contribution in [2.45, 2.75) is 44.4 Å². The van der Waals surface area contributed by atoms with Gasteiger partial charge in [0.1, 0.15) is 0 Å². The van der Waals surface area contributed by atoms with Gasteiger partial charge in [0.2, 0.25) is 0 Å². The van der Waals surface area contributed by atoms with Gasteiger partial charge in [0, 0.05) is 18.8 Å². The van der Waals surface area contributed by atoms with E-state index in [1.807, 2.05) is 31.3 Å². The van der Waals surface area contributed by atoms with Crippen LogP contribution in [0.5, 0.6) is 0 Å². The van der Waals surface area contributed by atoms with Gasteiger partial charge in [0.15, 0.2) is 0 Å². The zero-order chi connectivity index (χ0) is 15.2. The molecule has 1 aliphatic carbocycles. The second kappa shape index (κ2) is 7.43. The number of methoxy groups -OCH3 is 1. The van der Waals surface area contributed by atoms with Crippen LogP contribution in [0.3, 0.4) is 0 Å². The number of carbonyl (C=O) groups excluding carboxylic acids is 1. The van der Waals surface area contributed by atoms with E-state index in [4.69, 9.17) is 4.74 Å². The standard InChI is InChI=1S/C16H25N3O2/c1-11(17-2)12-7-9-13(10-8-12)18-16(20)19-14-5-4-6-15(14)21-3/h7-11,14-15,17H,4-6H2,1-3H3,(H2,18,19,20). The number of benzene rings is 1. The summed E-state index contributed by atoms with van der Waals surface area (Å²) in [6.45, 7) is 2.10. The summed E-state index contributed by atoms with van der Waals surface area (Å²) in [5.74, 6) is 0. The third-order valence-electron chi connectivity index (χ3n) is 4.17. The number of hydrogen-bond donors (Lipinski definition) is 3. The molecule has 116 valence electrons. The van der Waals surface area contributed by atoms with Gasteiger partial charge in [0.05, 0.1) is 12.1 Å². The molecule has 1 saturated carbocycles. The zero-order valence-corrected chi connectivity index (χ0v) is 13.0. The summed E-state index contributed by atoms with van der Waals surface area (Å²) in [6.07, 6.45) is 3.22. The van der Waals surface area contributed by atoms with Gasteiger partial charge in [0.25, 0.3) is 0 Å². The van der Waals surface area contributed by atoms with Gasteiger partial charge in [-0.05, 0) is 50.9 Å². The van der Waals surface area contributed by atoms with Crippen molar-refractivity contribution < 1.29 is 9.53 Å². The molecule has 0 bridgehead atoms. The summed E-state index contributed by atoms with van der Waals surface area (Å²) in [7, 11) is 3.63. The molecule has 3 atom stereocenters. The molecular formula is C16H25N3O2. The Kier molecular flexibility index (Phi) is 5.59. The fourth-order valence-electron chi connectivity index (χ4n) is 2.73. The summed E-state index contributed by atoms with van der Waals surface area (Å²) in [6, 6.07) is 8.12. The first-order chi connectivity index (χ1) is 10.1. The van der Waals surface area contributed by atoms with Crippen LogP contribution in [-0.2, 0) is 4.74 Å². The highest BCUT2D eigenvalue weighted by Gasteiger charge is 2.28. The highest BCUT2D eigenvalue weighted by atomic mass is 16.5. The van der Waals surface area contributed by atoms with E-state index in [2.05, 4.69) is 22.9 Å². The van der Waals surface area contributed by atoms with E-state index in [1.165, 1.54) is 5.56 Å². The fraction of sp³-hybridized carbons (Fsp3) is 0.562. The predicted octanol–water partition coefficient (Wildman–Crippen LogP) is 2.66. The molecular weight excluding hydrogens is 266 g/mol. The number of ether oxygens (including phenoxy) is 1. The predicted molar refractivity (Wildman–Crippen MR) is 84.5 cm³/mol. The molecule has 5 heteroatoms. The molecule has 0 spiro atoms. The Balaban J connectivity index is 1.87. The maximum Gasteiger partial charge on any atom is 0.319 e. The molecule has 1 aromatic rings. The number of hydrogen-bond acceptors (Lipinski definition) is 3. The molecule has 0 heterocycles. The second-order valence-corrected chi connectivity index (χ2v) is 5.54. The SMILES string of the molecule is CNC(C)c1ccc(NC(=O)NC2CCCC2OC)cc1. The first-order valence-corrected chi connectivity index (χ1v) is 7.51. The summed E-state index contributed by atoms with van der Waals surface area (Å²) < 4.78 is 5.38. The van der Waals surface area contributed by atoms with E-state index < -0.39 is 0 Å². The zero-order valence-electron chi connectivity index (χ0n) is 13.0. The smallest absolute Gasteiger partial charge is 0.319 e. The molecule has 1 aliphatic rings. The normalized spacial score (nSPS) is 22.8. The highest BCUT2D eigenvalue weighted by molar-refractivity contribution is 5.89. The van der Waals surface area contributed by atoms with E-state index in [0.29, 0.717) is 6.04 Å². The topological polar surface area (TPSA) is 62.4 Å². The average molecular weight is 291 g/mol. The van der Waals surface area contributed by atoms with Crippen molar-refractivity contribution in [3.63, 3.8) is 0 Å². The van der Waals surface area contributed by atoms with E-state index in [1.54, 1.807) is 7.11 Å². The largest absolute Gasteiger partial charge is 0.379 e. The van der Waals surface area contributed by atoms with Crippen molar-refractivity contribution in [2.24, 2.45) is 0 Å². The van der Waals surface area contributed by atoms with Gasteiger partial charge in [-0.25, -0.2) is 4.79 Å². The van der Waals surface area contributed by atoms with Gasteiger partial charge in [-0.15, -0.1) is 0 Å². The molecule has 3 unspecified atom stereocenters. The average Bonchev–Trinajstić information content (AvgIpc) is 2.94. The Morgan fingerprint density at radius 1 is 1.29 bits per heavy atom. The Labute approximate surface area is 126 Å². The van der Waals surface area contributed by atoms with Crippen LogP contribution in [0.2, 0.25) is 0 Å². The minimum absolute atomic E-state index is 0.110. The van der Waals surface area contributed by atoms with Crippen molar-refractivity contribution >= 4 is 11.7 Å². The van der Waals surface area contributed by atoms with Gasteiger partial charge in [-0.3, -0.25) is 0 Å². The Bertz CT molecular complexity index is 461. The lowest BCUT2D eigenvalue weighted by atomic mass is 10.1. The number of amides is 2. The van der Waals surface area contributed by atoms with Crippen molar-refractivity contribution in [1.29, 1.82) is 0 Å². The molecule has 3 N–H and O–H groups in total. The first kappa shape index (κ1) is 15.8. The van der Waals surface area contributed by atoms with Crippen molar-refractivity contribution in [3.8, 4) is 0 Å². The molecule has 1 aromatic carbocycles. The number of urea groups is 1. The quantitative estimate of drug-likeness (QED) is 0.781. The maximum atomic E-state index is 12.0. The Hall–Kier alpha value is -1.59. The Morgan fingerprint density at radius 2 is 2.00 bits per heavy atom. The first-order valence-electron chi connectivity index (χ1n) is 7.51. The lowest BCUT2D eigenvalue weighted by Crippen LogP contribution is -2.42. The van der Waals surface area contributed by atoms with Crippen LogP contribution in [-0.4, -0.2) is 32.3 Å². The van der Waals surface area contributed by atoms with Crippen LogP contribution in [0.15, 0.2) is 24.3 Å². The van der Waals surface area contributed by atoms with Gasteiger partial charge < -0.3 is 20.7 Å². The van der Waals surface area contributed by atoms with Crippen molar-refractivity contribution in [3.05, 3.63) is 29.8 Å². The number of nitrogens with one attached hydrogen (secondary N) is 3. The van der Waals surface area contributed by atoms with Crippen LogP contribution in [0, 0.1) is 0 Å². The molecule has 1 fully saturated rings. The summed E-state index contributed by atoms with van der Waals surface area (Å²) in [4.78, 5) is 12.0. The molecule has 5 nitrogen and oxygen atoms in total. The van der Waals surface area contributed by atoms with E-state index in [9.17, 15) is 4.79 Å². The Morgan fingerprint density at radius 3 is 2.62 bits per heavy atom. The number of carbonyl (C=O) groups is 1. The maximum absolute atomic E-state index is 12.0. The molecule has 0 aliphatic heterocycles. The van der Waals surface area contributed by atoms with Crippen molar-refractivity contribution in [1.82, 2.24) is 10.6 Å². The fourth-order valence-corrected chi connectivity index (χ4v) is 2.73. The minimum Gasteiger partial charge on any atom is -0.379 e. The number of anilines is 1. The van der Waals surface area contributed by atoms with Crippen LogP contribution in [0.4, 0.5) is 10.5 Å². The van der Waals surface area contributed by atoms with Crippen LogP contribution >= 0.6 is 0 Å². The molecule has 21 heavy (non-hydrogen) atoms. The van der Waals surface area contributed by atoms with E-state index in [-0.39, 0.29) is 18.2 Å². The van der Waals surface area contributed by atoms with E-state index >= 15 is 0 Å². The van der Waals surface area contributed by atoms with Crippen LogP contribution in [0.25, 0.3) is 0 Å². The van der Waals surface area contributed by atoms with Gasteiger partial charge in [-0.1, -0.05) is 12.1 Å². The second-order valence-electron chi connectivity index (χ2n) is 5.54. The summed E-state index contributed by atoms with van der Waals surface area (Å²) >= 11 is 0. The highest BCUT2D eigenvalue weighted by Crippen LogP contribution is 2.21. The van der Waals surface area contributed by atoms with Crippen LogP contribution in [0.1, 0.15) is 37.8 Å². The molecule has 0 saturated heterocycles. The summed E-state index contributed by atoms with van der Waals surface area (Å²) in [5.41, 5.74) is 1.99. The molecule has 0 aromatic heterocycles. The molecule has 2 rings (SSSR count). The number of rotatable bonds is 5. The summed E-state index contributed by atoms with van der Waals surface area (Å²) in [5, 5.41) is 9.05. The lowest BCUT2D eigenvalue weighted by molar-refractivity contribution is 0.0882. The molecule has 0 radical (unpaired) electrons.